The minimum Gasteiger partial charge on any atom is -0.479 e. The van der Waals surface area contributed by atoms with Crippen LogP contribution in [0.15, 0.2) is 18.2 Å². The molecule has 0 radical (unpaired) electrons. The van der Waals surface area contributed by atoms with Gasteiger partial charge in [0.2, 0.25) is 0 Å². The molecule has 0 aromatic heterocycles. The van der Waals surface area contributed by atoms with Crippen LogP contribution in [0.3, 0.4) is 0 Å². The number of aliphatic carboxylic acids is 1. The molecule has 1 aromatic rings. The molecule has 0 aliphatic rings. The highest BCUT2D eigenvalue weighted by molar-refractivity contribution is 6.42. The van der Waals surface area contributed by atoms with Gasteiger partial charge in [0.1, 0.15) is 0 Å². The molecule has 5 nitrogen and oxygen atoms in total. The van der Waals surface area contributed by atoms with Crippen molar-refractivity contribution in [2.24, 2.45) is 0 Å². The van der Waals surface area contributed by atoms with Gasteiger partial charge in [-0.05, 0) is 31.8 Å². The van der Waals surface area contributed by atoms with Crippen molar-refractivity contribution in [2.75, 3.05) is 27.2 Å². The zero-order chi connectivity index (χ0) is 18.7. The van der Waals surface area contributed by atoms with E-state index in [2.05, 4.69) is 0 Å². The van der Waals surface area contributed by atoms with Gasteiger partial charge < -0.3 is 14.9 Å². The first kappa shape index (κ1) is 20.5. The van der Waals surface area contributed by atoms with E-state index in [4.69, 9.17) is 23.2 Å². The summed E-state index contributed by atoms with van der Waals surface area (Å²) < 4.78 is 38.6. The van der Waals surface area contributed by atoms with Gasteiger partial charge in [0.05, 0.1) is 10.0 Å². The molecule has 1 atom stereocenters. The third-order valence-corrected chi connectivity index (χ3v) is 3.84. The van der Waals surface area contributed by atoms with Gasteiger partial charge in [-0.2, -0.15) is 13.2 Å². The summed E-state index contributed by atoms with van der Waals surface area (Å²) in [5.74, 6) is -3.84. The van der Waals surface area contributed by atoms with Crippen molar-refractivity contribution in [2.45, 2.75) is 12.2 Å². The number of nitrogens with zero attached hydrogens (tertiary/aromatic N) is 2. The number of carboxylic acids is 1. The second-order valence-electron chi connectivity index (χ2n) is 5.21. The van der Waals surface area contributed by atoms with E-state index < -0.39 is 30.6 Å². The first-order valence-electron chi connectivity index (χ1n) is 6.65. The van der Waals surface area contributed by atoms with E-state index in [1.165, 1.54) is 17.0 Å². The summed E-state index contributed by atoms with van der Waals surface area (Å²) in [4.78, 5) is 25.1. The molecule has 1 rings (SSSR count). The Kier molecular flexibility index (Phi) is 6.88. The molecule has 0 aliphatic heterocycles. The minimum absolute atomic E-state index is 0.0209. The van der Waals surface area contributed by atoms with Gasteiger partial charge in [0, 0.05) is 13.1 Å². The number of carboxylic acid groups (broad SMARTS) is 1. The largest absolute Gasteiger partial charge is 0.479 e. The fourth-order valence-corrected chi connectivity index (χ4v) is 2.26. The third-order valence-electron chi connectivity index (χ3n) is 3.10. The Morgan fingerprint density at radius 2 is 1.75 bits per heavy atom. The predicted molar refractivity (Wildman–Crippen MR) is 83.2 cm³/mol. The summed E-state index contributed by atoms with van der Waals surface area (Å²) in [6.07, 6.45) is -5.20. The molecule has 10 heteroatoms. The van der Waals surface area contributed by atoms with E-state index in [0.29, 0.717) is 0 Å². The summed E-state index contributed by atoms with van der Waals surface area (Å²) >= 11 is 11.5. The maximum absolute atomic E-state index is 12.9. The fourth-order valence-electron chi connectivity index (χ4n) is 1.96. The van der Waals surface area contributed by atoms with Gasteiger partial charge >= 0.3 is 18.1 Å². The van der Waals surface area contributed by atoms with E-state index in [9.17, 15) is 27.9 Å². The van der Waals surface area contributed by atoms with Crippen LogP contribution in [0.25, 0.3) is 0 Å². The monoisotopic (exact) mass is 386 g/mol. The molecule has 0 spiro atoms. The lowest BCUT2D eigenvalue weighted by Gasteiger charge is -2.31. The van der Waals surface area contributed by atoms with Crippen molar-refractivity contribution in [1.29, 1.82) is 0 Å². The minimum atomic E-state index is -5.20. The van der Waals surface area contributed by atoms with Crippen LogP contribution in [-0.2, 0) is 9.59 Å². The Hall–Kier alpha value is -1.51. The highest BCUT2D eigenvalue weighted by Gasteiger charge is 2.46. The number of benzene rings is 1. The quantitative estimate of drug-likeness (QED) is 0.815. The Balaban J connectivity index is 3.33. The number of carbonyl (C=O) groups excluding carboxylic acids is 1. The average molecular weight is 387 g/mol. The average Bonchev–Trinajstić information content (AvgIpc) is 2.44. The van der Waals surface area contributed by atoms with Crippen LogP contribution < -0.4 is 0 Å². The van der Waals surface area contributed by atoms with Crippen LogP contribution in [0.4, 0.5) is 13.2 Å². The molecule has 24 heavy (non-hydrogen) atoms. The number of alkyl halides is 3. The molecule has 0 bridgehead atoms. The summed E-state index contributed by atoms with van der Waals surface area (Å²) in [6, 6.07) is 1.78. The number of amides is 1. The Morgan fingerprint density at radius 3 is 2.17 bits per heavy atom. The van der Waals surface area contributed by atoms with Crippen LogP contribution in [-0.4, -0.2) is 60.1 Å². The predicted octanol–water partition coefficient (Wildman–Crippen LogP) is 3.07. The van der Waals surface area contributed by atoms with Crippen LogP contribution in [0, 0.1) is 0 Å². The molecular weight excluding hydrogens is 372 g/mol. The lowest BCUT2D eigenvalue weighted by Crippen LogP contribution is -2.48. The maximum atomic E-state index is 12.9. The lowest BCUT2D eigenvalue weighted by atomic mass is 10.0. The molecule has 1 unspecified atom stereocenters. The van der Waals surface area contributed by atoms with Crippen molar-refractivity contribution in [3.8, 4) is 0 Å². The zero-order valence-corrected chi connectivity index (χ0v) is 14.3. The Morgan fingerprint density at radius 1 is 1.17 bits per heavy atom. The summed E-state index contributed by atoms with van der Waals surface area (Å²) in [7, 11) is 3.18. The molecular formula is C14H15Cl2F3N2O3. The standard InChI is InChI=1S/C14H15Cl2F3N2O3/c1-20(2)5-6-21(13(24)14(17,18)19)11(12(22)23)8-3-4-9(15)10(16)7-8/h3-4,7,11H,5-6H2,1-2H3,(H,22,23). The molecule has 134 valence electrons. The van der Waals surface area contributed by atoms with Crippen molar-refractivity contribution in [3.63, 3.8) is 0 Å². The SMILES string of the molecule is CN(C)CCN(C(=O)C(F)(F)F)C(C(=O)O)c1ccc(Cl)c(Cl)c1. The van der Waals surface area contributed by atoms with Crippen molar-refractivity contribution >= 4 is 35.1 Å². The Labute approximate surface area is 146 Å². The van der Waals surface area contributed by atoms with Crippen LogP contribution in [0.2, 0.25) is 10.0 Å². The molecule has 1 amide bonds. The summed E-state index contributed by atoms with van der Waals surface area (Å²) in [6.45, 7) is -0.379. The van der Waals surface area contributed by atoms with Gasteiger partial charge in [-0.15, -0.1) is 0 Å². The van der Waals surface area contributed by atoms with E-state index in [-0.39, 0.29) is 27.1 Å². The van der Waals surface area contributed by atoms with Crippen molar-refractivity contribution in [1.82, 2.24) is 9.80 Å². The molecule has 0 fully saturated rings. The smallest absolute Gasteiger partial charge is 0.471 e. The zero-order valence-electron chi connectivity index (χ0n) is 12.8. The first-order valence-corrected chi connectivity index (χ1v) is 7.41. The third kappa shape index (κ3) is 5.25. The maximum Gasteiger partial charge on any atom is 0.471 e. The number of carbonyl (C=O) groups is 2. The van der Waals surface area contributed by atoms with Crippen molar-refractivity contribution < 1.29 is 27.9 Å². The number of likely N-dealkylation sites (N-methyl/N-ethyl adjacent to an activating group) is 1. The molecule has 0 saturated heterocycles. The highest BCUT2D eigenvalue weighted by atomic mass is 35.5. The molecule has 1 N–H and O–H groups in total. The lowest BCUT2D eigenvalue weighted by molar-refractivity contribution is -0.190. The van der Waals surface area contributed by atoms with Gasteiger partial charge in [-0.3, -0.25) is 4.79 Å². The van der Waals surface area contributed by atoms with Gasteiger partial charge in [-0.1, -0.05) is 29.3 Å². The van der Waals surface area contributed by atoms with Crippen LogP contribution in [0.1, 0.15) is 11.6 Å². The van der Waals surface area contributed by atoms with Gasteiger partial charge in [-0.25, -0.2) is 4.79 Å². The first-order chi connectivity index (χ1) is 10.9. The number of hydrogen-bond donors (Lipinski definition) is 1. The topological polar surface area (TPSA) is 60.9 Å². The number of halogens is 5. The fraction of sp³-hybridized carbons (Fsp3) is 0.429. The second kappa shape index (κ2) is 8.04. The Bertz CT molecular complexity index is 624. The van der Waals surface area contributed by atoms with E-state index in [0.717, 1.165) is 6.07 Å². The van der Waals surface area contributed by atoms with Crippen molar-refractivity contribution in [3.05, 3.63) is 33.8 Å². The van der Waals surface area contributed by atoms with E-state index >= 15 is 0 Å². The van der Waals surface area contributed by atoms with Crippen LogP contribution >= 0.6 is 23.2 Å². The molecule has 0 saturated carbocycles. The molecule has 1 aromatic carbocycles. The highest BCUT2D eigenvalue weighted by Crippen LogP contribution is 2.31. The van der Waals surface area contributed by atoms with E-state index in [1.807, 2.05) is 0 Å². The second-order valence-corrected chi connectivity index (χ2v) is 6.03. The number of hydrogen-bond acceptors (Lipinski definition) is 3. The van der Waals surface area contributed by atoms with Gasteiger partial charge in [0.15, 0.2) is 6.04 Å². The van der Waals surface area contributed by atoms with Crippen LogP contribution in [0.5, 0.6) is 0 Å². The van der Waals surface area contributed by atoms with E-state index in [1.54, 1.807) is 14.1 Å². The summed E-state index contributed by atoms with van der Waals surface area (Å²) in [5.41, 5.74) is -0.0757. The summed E-state index contributed by atoms with van der Waals surface area (Å²) in [5, 5.41) is 9.48. The van der Waals surface area contributed by atoms with Gasteiger partial charge in [0.25, 0.3) is 0 Å². The molecule has 0 aliphatic carbocycles. The molecule has 0 heterocycles. The number of rotatable bonds is 6. The normalized spacial score (nSPS) is 13.0.